The lowest BCUT2D eigenvalue weighted by Gasteiger charge is -2.26. The molecule has 0 aliphatic heterocycles. The highest BCUT2D eigenvalue weighted by Crippen LogP contribution is 2.06. The molecule has 34 heavy (non-hydrogen) atoms. The van der Waals surface area contributed by atoms with Crippen LogP contribution in [0.25, 0.3) is 0 Å². The van der Waals surface area contributed by atoms with Crippen molar-refractivity contribution in [2.75, 3.05) is 39.4 Å². The van der Waals surface area contributed by atoms with Crippen molar-refractivity contribution in [3.63, 3.8) is 0 Å². The Morgan fingerprint density at radius 1 is 1.03 bits per heavy atom. The summed E-state index contributed by atoms with van der Waals surface area (Å²) in [7, 11) is 0. The quantitative estimate of drug-likeness (QED) is 0.236. The van der Waals surface area contributed by atoms with E-state index in [9.17, 15) is 19.2 Å². The van der Waals surface area contributed by atoms with Gasteiger partial charge in [0.25, 0.3) is 0 Å². The number of nitrogens with one attached hydrogen (secondary N) is 2. The van der Waals surface area contributed by atoms with E-state index in [2.05, 4.69) is 10.6 Å². The number of hydrogen-bond acceptors (Lipinski definition) is 8. The molecule has 10 heteroatoms. The zero-order valence-corrected chi connectivity index (χ0v) is 20.3. The molecular formula is C24H35N3O7. The van der Waals surface area contributed by atoms with Gasteiger partial charge in [-0.1, -0.05) is 36.4 Å². The first-order valence-corrected chi connectivity index (χ1v) is 11.1. The molecule has 0 saturated carbocycles. The lowest BCUT2D eigenvalue weighted by atomic mass is 10.0. The first-order chi connectivity index (χ1) is 16.1. The van der Waals surface area contributed by atoms with E-state index in [4.69, 9.17) is 14.2 Å². The maximum absolute atomic E-state index is 12.6. The van der Waals surface area contributed by atoms with Crippen LogP contribution in [0.2, 0.25) is 0 Å². The van der Waals surface area contributed by atoms with Crippen LogP contribution in [0, 0.1) is 0 Å². The first-order valence-electron chi connectivity index (χ1n) is 11.1. The van der Waals surface area contributed by atoms with Gasteiger partial charge in [0.05, 0.1) is 18.7 Å². The van der Waals surface area contributed by atoms with Gasteiger partial charge in [0, 0.05) is 32.6 Å². The third-order valence-corrected chi connectivity index (χ3v) is 4.37. The number of ether oxygens (including phenoxy) is 3. The van der Waals surface area contributed by atoms with Crippen molar-refractivity contribution in [1.82, 2.24) is 15.5 Å². The SMILES string of the molecule is CCOC(=O)NCCN(CCOC(C)=O)CC(=O)NC(C)(C)/C=C/C(=O)OCc1ccccc1. The Morgan fingerprint density at radius 3 is 2.38 bits per heavy atom. The molecule has 0 fully saturated rings. The van der Waals surface area contributed by atoms with E-state index in [0.717, 1.165) is 5.56 Å². The lowest BCUT2D eigenvalue weighted by molar-refractivity contribution is -0.141. The van der Waals surface area contributed by atoms with E-state index >= 15 is 0 Å². The number of hydrogen-bond donors (Lipinski definition) is 2. The molecule has 1 rings (SSSR count). The Hall–Kier alpha value is -3.40. The van der Waals surface area contributed by atoms with Gasteiger partial charge in [-0.15, -0.1) is 0 Å². The molecule has 0 radical (unpaired) electrons. The maximum Gasteiger partial charge on any atom is 0.407 e. The van der Waals surface area contributed by atoms with E-state index in [1.165, 1.54) is 13.0 Å². The zero-order valence-electron chi connectivity index (χ0n) is 20.3. The number of rotatable bonds is 14. The summed E-state index contributed by atoms with van der Waals surface area (Å²) in [6, 6.07) is 9.32. The molecule has 0 heterocycles. The third-order valence-electron chi connectivity index (χ3n) is 4.37. The van der Waals surface area contributed by atoms with Gasteiger partial charge >= 0.3 is 18.0 Å². The summed E-state index contributed by atoms with van der Waals surface area (Å²) in [5.41, 5.74) is 0.0660. The molecule has 1 aromatic carbocycles. The van der Waals surface area contributed by atoms with Crippen LogP contribution in [0.15, 0.2) is 42.5 Å². The predicted molar refractivity (Wildman–Crippen MR) is 126 cm³/mol. The van der Waals surface area contributed by atoms with Gasteiger partial charge in [0.15, 0.2) is 0 Å². The average Bonchev–Trinajstić information content (AvgIpc) is 2.76. The molecule has 0 aliphatic carbocycles. The molecule has 188 valence electrons. The van der Waals surface area contributed by atoms with Crippen molar-refractivity contribution in [2.45, 2.75) is 39.8 Å². The van der Waals surface area contributed by atoms with E-state index in [1.807, 2.05) is 30.3 Å². The summed E-state index contributed by atoms with van der Waals surface area (Å²) < 4.78 is 15.0. The molecule has 2 N–H and O–H groups in total. The number of benzene rings is 1. The minimum Gasteiger partial charge on any atom is -0.465 e. The van der Waals surface area contributed by atoms with Gasteiger partial charge in [0.1, 0.15) is 13.2 Å². The molecule has 1 aromatic rings. The Balaban J connectivity index is 2.55. The van der Waals surface area contributed by atoms with E-state index in [-0.39, 0.29) is 38.8 Å². The van der Waals surface area contributed by atoms with Crippen molar-refractivity contribution < 1.29 is 33.4 Å². The van der Waals surface area contributed by atoms with Crippen molar-refractivity contribution >= 4 is 23.9 Å². The van der Waals surface area contributed by atoms with Gasteiger partial charge in [-0.2, -0.15) is 0 Å². The molecule has 0 spiro atoms. The van der Waals surface area contributed by atoms with Crippen molar-refractivity contribution in [2.24, 2.45) is 0 Å². The van der Waals surface area contributed by atoms with E-state index < -0.39 is 23.6 Å². The summed E-state index contributed by atoms with van der Waals surface area (Å²) in [5.74, 6) is -1.23. The second-order valence-corrected chi connectivity index (χ2v) is 7.96. The van der Waals surface area contributed by atoms with E-state index in [1.54, 1.807) is 31.7 Å². The van der Waals surface area contributed by atoms with Crippen LogP contribution in [0.1, 0.15) is 33.3 Å². The minimum absolute atomic E-state index is 0.00148. The van der Waals surface area contributed by atoms with Gasteiger partial charge in [-0.3, -0.25) is 14.5 Å². The Kier molecular flexibility index (Phi) is 13.0. The standard InChI is InChI=1S/C24H35N3O7/c1-5-32-23(31)25-13-14-27(15-16-33-19(2)28)17-21(29)26-24(3,4)12-11-22(30)34-18-20-9-7-6-8-10-20/h6-12H,5,13-18H2,1-4H3,(H,25,31)(H,26,29)/b12-11+. The highest BCUT2D eigenvalue weighted by molar-refractivity contribution is 5.83. The first kappa shape index (κ1) is 28.6. The van der Waals surface area contributed by atoms with Gasteiger partial charge in [-0.25, -0.2) is 9.59 Å². The highest BCUT2D eigenvalue weighted by Gasteiger charge is 2.20. The second-order valence-electron chi connectivity index (χ2n) is 7.96. The predicted octanol–water partition coefficient (Wildman–Crippen LogP) is 1.79. The highest BCUT2D eigenvalue weighted by atomic mass is 16.5. The van der Waals surface area contributed by atoms with Crippen molar-refractivity contribution in [3.8, 4) is 0 Å². The third kappa shape index (κ3) is 13.9. The van der Waals surface area contributed by atoms with Gasteiger partial charge < -0.3 is 24.8 Å². The van der Waals surface area contributed by atoms with Gasteiger partial charge in [-0.05, 0) is 26.3 Å². The maximum atomic E-state index is 12.6. The molecule has 0 atom stereocenters. The molecule has 0 saturated heterocycles. The number of nitrogens with zero attached hydrogens (tertiary/aromatic N) is 1. The lowest BCUT2D eigenvalue weighted by Crippen LogP contribution is -2.48. The summed E-state index contributed by atoms with van der Waals surface area (Å²) in [4.78, 5) is 48.8. The Morgan fingerprint density at radius 2 is 1.74 bits per heavy atom. The number of amides is 2. The van der Waals surface area contributed by atoms with Crippen molar-refractivity contribution in [3.05, 3.63) is 48.0 Å². The monoisotopic (exact) mass is 477 g/mol. The van der Waals surface area contributed by atoms with Gasteiger partial charge in [0.2, 0.25) is 5.91 Å². The Bertz CT molecular complexity index is 825. The Labute approximate surface area is 200 Å². The number of alkyl carbamates (subject to hydrolysis) is 1. The molecule has 0 bridgehead atoms. The largest absolute Gasteiger partial charge is 0.465 e. The molecule has 0 unspecified atom stereocenters. The fourth-order valence-electron chi connectivity index (χ4n) is 2.78. The summed E-state index contributed by atoms with van der Waals surface area (Å²) in [5, 5.41) is 5.43. The van der Waals surface area contributed by atoms with Crippen molar-refractivity contribution in [1.29, 1.82) is 0 Å². The van der Waals surface area contributed by atoms with Crippen LogP contribution in [-0.4, -0.2) is 73.8 Å². The number of carbonyl (C=O) groups is 4. The minimum atomic E-state index is -0.812. The number of esters is 2. The summed E-state index contributed by atoms with van der Waals surface area (Å²) >= 11 is 0. The second kappa shape index (κ2) is 15.4. The fourth-order valence-corrected chi connectivity index (χ4v) is 2.78. The topological polar surface area (TPSA) is 123 Å². The molecular weight excluding hydrogens is 442 g/mol. The number of carbonyl (C=O) groups excluding carboxylic acids is 4. The molecule has 0 aliphatic rings. The van der Waals surface area contributed by atoms with Crippen LogP contribution in [0.3, 0.4) is 0 Å². The normalized spacial score (nSPS) is 11.2. The van der Waals surface area contributed by atoms with Crippen LogP contribution in [-0.2, 0) is 35.2 Å². The van der Waals surface area contributed by atoms with E-state index in [0.29, 0.717) is 13.1 Å². The smallest absolute Gasteiger partial charge is 0.407 e. The zero-order chi connectivity index (χ0) is 25.4. The molecule has 0 aromatic heterocycles. The van der Waals surface area contributed by atoms with Crippen LogP contribution < -0.4 is 10.6 Å². The van der Waals surface area contributed by atoms with Crippen LogP contribution in [0.5, 0.6) is 0 Å². The summed E-state index contributed by atoms with van der Waals surface area (Å²) in [6.07, 6.45) is 2.30. The molecule has 2 amide bonds. The summed E-state index contributed by atoms with van der Waals surface area (Å²) in [6.45, 7) is 7.93. The molecule has 10 nitrogen and oxygen atoms in total. The van der Waals surface area contributed by atoms with Crippen LogP contribution >= 0.6 is 0 Å². The average molecular weight is 478 g/mol. The fraction of sp³-hybridized carbons (Fsp3) is 0.500. The van der Waals surface area contributed by atoms with Crippen LogP contribution in [0.4, 0.5) is 4.79 Å².